The van der Waals surface area contributed by atoms with Gasteiger partial charge in [-0.2, -0.15) is 0 Å². The number of hydrogen-bond donors (Lipinski definition) is 1. The lowest BCUT2D eigenvalue weighted by molar-refractivity contribution is 0.613. The van der Waals surface area contributed by atoms with Gasteiger partial charge in [0.2, 0.25) is 0 Å². The lowest BCUT2D eigenvalue weighted by atomic mass is 10.0. The van der Waals surface area contributed by atoms with Crippen LogP contribution < -0.4 is 5.32 Å². The maximum Gasteiger partial charge on any atom is 0.0751 e. The summed E-state index contributed by atoms with van der Waals surface area (Å²) in [5.41, 5.74) is 2.15. The monoisotopic (exact) mass is 274 g/mol. The molecule has 0 amide bonds. The lowest BCUT2D eigenvalue weighted by Crippen LogP contribution is -2.27. The number of aromatic nitrogens is 1. The van der Waals surface area contributed by atoms with E-state index in [1.807, 2.05) is 36.4 Å². The smallest absolute Gasteiger partial charge is 0.0751 e. The molecule has 0 aliphatic carbocycles. The zero-order valence-electron chi connectivity index (χ0n) is 11.0. The molecule has 2 atom stereocenters. The largest absolute Gasteiger partial charge is 0.304 e. The Balaban J connectivity index is 2.17. The molecule has 0 bridgehead atoms. The molecule has 100 valence electrons. The predicted molar refractivity (Wildman–Crippen MR) is 79.5 cm³/mol. The van der Waals surface area contributed by atoms with Crippen molar-refractivity contribution in [3.05, 3.63) is 66.0 Å². The molecular formula is C15H18N2OS. The van der Waals surface area contributed by atoms with Gasteiger partial charge in [-0.3, -0.25) is 9.19 Å². The topological polar surface area (TPSA) is 42.0 Å². The molecule has 1 aromatic carbocycles. The number of nitrogens with one attached hydrogen (secondary N) is 1. The van der Waals surface area contributed by atoms with Gasteiger partial charge in [0, 0.05) is 35.5 Å². The molecular weight excluding hydrogens is 256 g/mol. The van der Waals surface area contributed by atoms with E-state index in [4.69, 9.17) is 0 Å². The van der Waals surface area contributed by atoms with Crippen molar-refractivity contribution >= 4 is 10.8 Å². The van der Waals surface area contributed by atoms with Crippen molar-refractivity contribution in [1.29, 1.82) is 0 Å². The molecule has 0 radical (unpaired) electrons. The van der Waals surface area contributed by atoms with E-state index in [9.17, 15) is 4.21 Å². The Morgan fingerprint density at radius 1 is 1.16 bits per heavy atom. The van der Waals surface area contributed by atoms with Gasteiger partial charge in [-0.25, -0.2) is 0 Å². The van der Waals surface area contributed by atoms with Crippen molar-refractivity contribution < 1.29 is 4.21 Å². The summed E-state index contributed by atoms with van der Waals surface area (Å²) in [5.74, 6) is 0.649. The molecule has 2 rings (SSSR count). The minimum absolute atomic E-state index is 0.0472. The van der Waals surface area contributed by atoms with Crippen LogP contribution in [-0.4, -0.2) is 27.7 Å². The van der Waals surface area contributed by atoms with E-state index in [0.717, 1.165) is 5.69 Å². The number of pyridine rings is 1. The van der Waals surface area contributed by atoms with Crippen LogP contribution in [0.3, 0.4) is 0 Å². The standard InChI is InChI=1S/C15H18N2OS/c1-19(18)12-11-17-15(13-7-3-2-4-8-13)14-9-5-6-10-16-14/h2-10,15,17H,11-12H2,1H3. The van der Waals surface area contributed by atoms with Gasteiger partial charge in [-0.15, -0.1) is 0 Å². The van der Waals surface area contributed by atoms with Crippen LogP contribution in [-0.2, 0) is 10.8 Å². The maximum absolute atomic E-state index is 11.2. The van der Waals surface area contributed by atoms with E-state index in [2.05, 4.69) is 22.4 Å². The Hall–Kier alpha value is -1.52. The van der Waals surface area contributed by atoms with Gasteiger partial charge in [0.1, 0.15) is 0 Å². The maximum atomic E-state index is 11.2. The first-order chi connectivity index (χ1) is 9.27. The molecule has 2 aromatic rings. The molecule has 0 aliphatic heterocycles. The van der Waals surface area contributed by atoms with Gasteiger partial charge in [0.15, 0.2) is 0 Å². The van der Waals surface area contributed by atoms with Crippen LogP contribution >= 0.6 is 0 Å². The summed E-state index contributed by atoms with van der Waals surface area (Å²) < 4.78 is 11.2. The highest BCUT2D eigenvalue weighted by Crippen LogP contribution is 2.19. The van der Waals surface area contributed by atoms with Gasteiger partial charge < -0.3 is 5.32 Å². The second kappa shape index (κ2) is 7.16. The third kappa shape index (κ3) is 4.26. The summed E-state index contributed by atoms with van der Waals surface area (Å²) >= 11 is 0. The first kappa shape index (κ1) is 13.9. The molecule has 4 heteroatoms. The van der Waals surface area contributed by atoms with E-state index in [-0.39, 0.29) is 6.04 Å². The molecule has 1 heterocycles. The molecule has 0 aliphatic rings. The highest BCUT2D eigenvalue weighted by Gasteiger charge is 2.13. The fourth-order valence-electron chi connectivity index (χ4n) is 1.93. The third-order valence-electron chi connectivity index (χ3n) is 2.85. The van der Waals surface area contributed by atoms with E-state index in [1.165, 1.54) is 5.56 Å². The molecule has 19 heavy (non-hydrogen) atoms. The summed E-state index contributed by atoms with van der Waals surface area (Å²) in [6.07, 6.45) is 3.52. The fourth-order valence-corrected chi connectivity index (χ4v) is 2.34. The van der Waals surface area contributed by atoms with Crippen LogP contribution in [0.4, 0.5) is 0 Å². The summed E-state index contributed by atoms with van der Waals surface area (Å²) in [6, 6.07) is 16.1. The molecule has 1 N–H and O–H groups in total. The summed E-state index contributed by atoms with van der Waals surface area (Å²) in [4.78, 5) is 4.41. The number of rotatable bonds is 6. The van der Waals surface area contributed by atoms with Crippen LogP contribution in [0, 0.1) is 0 Å². The van der Waals surface area contributed by atoms with Crippen molar-refractivity contribution in [2.45, 2.75) is 6.04 Å². The zero-order chi connectivity index (χ0) is 13.5. The molecule has 0 saturated carbocycles. The van der Waals surface area contributed by atoms with Crippen molar-refractivity contribution in [3.8, 4) is 0 Å². The average Bonchev–Trinajstić information content (AvgIpc) is 2.45. The zero-order valence-corrected chi connectivity index (χ0v) is 11.8. The quantitative estimate of drug-likeness (QED) is 0.877. The third-order valence-corrected chi connectivity index (χ3v) is 3.63. The molecule has 1 aromatic heterocycles. The Morgan fingerprint density at radius 3 is 2.53 bits per heavy atom. The Bertz CT molecular complexity index is 477. The average molecular weight is 274 g/mol. The van der Waals surface area contributed by atoms with Gasteiger partial charge >= 0.3 is 0 Å². The number of nitrogens with zero attached hydrogens (tertiary/aromatic N) is 1. The molecule has 2 unspecified atom stereocenters. The predicted octanol–water partition coefficient (Wildman–Crippen LogP) is 2.14. The summed E-state index contributed by atoms with van der Waals surface area (Å²) in [7, 11) is -0.778. The highest BCUT2D eigenvalue weighted by atomic mass is 32.2. The highest BCUT2D eigenvalue weighted by molar-refractivity contribution is 7.84. The van der Waals surface area contributed by atoms with E-state index in [0.29, 0.717) is 12.3 Å². The van der Waals surface area contributed by atoms with Crippen molar-refractivity contribution in [1.82, 2.24) is 10.3 Å². The van der Waals surface area contributed by atoms with Crippen LogP contribution in [0.15, 0.2) is 54.7 Å². The number of benzene rings is 1. The SMILES string of the molecule is CS(=O)CCNC(c1ccccc1)c1ccccn1. The lowest BCUT2D eigenvalue weighted by Gasteiger charge is -2.18. The summed E-state index contributed by atoms with van der Waals surface area (Å²) in [5, 5.41) is 3.43. The van der Waals surface area contributed by atoms with Gasteiger partial charge in [0.25, 0.3) is 0 Å². The van der Waals surface area contributed by atoms with Crippen LogP contribution in [0.5, 0.6) is 0 Å². The normalized spacial score (nSPS) is 13.9. The van der Waals surface area contributed by atoms with Crippen LogP contribution in [0.2, 0.25) is 0 Å². The van der Waals surface area contributed by atoms with Crippen molar-refractivity contribution in [2.75, 3.05) is 18.6 Å². The Kier molecular flexibility index (Phi) is 5.24. The van der Waals surface area contributed by atoms with E-state index < -0.39 is 10.8 Å². The van der Waals surface area contributed by atoms with E-state index in [1.54, 1.807) is 12.5 Å². The molecule has 3 nitrogen and oxygen atoms in total. The van der Waals surface area contributed by atoms with Crippen molar-refractivity contribution in [2.24, 2.45) is 0 Å². The van der Waals surface area contributed by atoms with Crippen molar-refractivity contribution in [3.63, 3.8) is 0 Å². The van der Waals surface area contributed by atoms with Gasteiger partial charge in [-0.1, -0.05) is 36.4 Å². The Morgan fingerprint density at radius 2 is 1.89 bits per heavy atom. The molecule has 0 saturated heterocycles. The second-order valence-corrected chi connectivity index (χ2v) is 5.88. The van der Waals surface area contributed by atoms with Crippen LogP contribution in [0.25, 0.3) is 0 Å². The van der Waals surface area contributed by atoms with Gasteiger partial charge in [0.05, 0.1) is 11.7 Å². The van der Waals surface area contributed by atoms with Gasteiger partial charge in [-0.05, 0) is 17.7 Å². The second-order valence-electron chi connectivity index (χ2n) is 4.33. The fraction of sp³-hybridized carbons (Fsp3) is 0.267. The summed E-state index contributed by atoms with van der Waals surface area (Å²) in [6.45, 7) is 0.708. The number of hydrogen-bond acceptors (Lipinski definition) is 3. The Labute approximate surface area is 116 Å². The first-order valence-electron chi connectivity index (χ1n) is 6.26. The minimum Gasteiger partial charge on any atom is -0.304 e. The minimum atomic E-state index is -0.778. The first-order valence-corrected chi connectivity index (χ1v) is 7.99. The molecule has 0 spiro atoms. The molecule has 0 fully saturated rings. The van der Waals surface area contributed by atoms with E-state index >= 15 is 0 Å². The van der Waals surface area contributed by atoms with Crippen LogP contribution in [0.1, 0.15) is 17.3 Å².